The molecule has 2 amide bonds. The lowest BCUT2D eigenvalue weighted by molar-refractivity contribution is 0.0512. The molecule has 4 N–H and O–H groups in total. The first-order valence-electron chi connectivity index (χ1n) is 13.7. The van der Waals surface area contributed by atoms with Crippen LogP contribution in [0.25, 0.3) is 22.2 Å². The average Bonchev–Trinajstić information content (AvgIpc) is 2.90. The van der Waals surface area contributed by atoms with Gasteiger partial charge in [0.05, 0.1) is 16.8 Å². The average molecular weight is 517 g/mol. The van der Waals surface area contributed by atoms with Crippen molar-refractivity contribution in [1.29, 1.82) is 0 Å². The highest BCUT2D eigenvalue weighted by Crippen LogP contribution is 2.29. The summed E-state index contributed by atoms with van der Waals surface area (Å²) in [5, 5.41) is 6.94. The molecule has 38 heavy (non-hydrogen) atoms. The maximum atomic E-state index is 13.4. The summed E-state index contributed by atoms with van der Waals surface area (Å²) >= 11 is 0. The normalized spacial score (nSPS) is 17.7. The third-order valence-electron chi connectivity index (χ3n) is 7.10. The van der Waals surface area contributed by atoms with Gasteiger partial charge in [0, 0.05) is 24.0 Å². The molecule has 0 bridgehead atoms. The van der Waals surface area contributed by atoms with Crippen LogP contribution in [-0.2, 0) is 11.2 Å². The van der Waals surface area contributed by atoms with Gasteiger partial charge in [0.1, 0.15) is 5.60 Å². The molecule has 0 atom stereocenters. The molecule has 202 valence electrons. The van der Waals surface area contributed by atoms with E-state index in [2.05, 4.69) is 22.8 Å². The van der Waals surface area contributed by atoms with Crippen LogP contribution in [0.5, 0.6) is 0 Å². The van der Waals surface area contributed by atoms with E-state index in [0.717, 1.165) is 54.3 Å². The van der Waals surface area contributed by atoms with Crippen LogP contribution in [0.2, 0.25) is 0 Å². The third kappa shape index (κ3) is 7.54. The Bertz CT molecular complexity index is 1240. The highest BCUT2D eigenvalue weighted by molar-refractivity contribution is 6.07. The Morgan fingerprint density at radius 3 is 2.21 bits per heavy atom. The zero-order valence-electron chi connectivity index (χ0n) is 22.8. The Morgan fingerprint density at radius 2 is 1.58 bits per heavy atom. The van der Waals surface area contributed by atoms with Gasteiger partial charge in [-0.25, -0.2) is 9.78 Å². The monoisotopic (exact) mass is 516 g/mol. The maximum absolute atomic E-state index is 13.4. The summed E-state index contributed by atoms with van der Waals surface area (Å²) in [5.74, 6) is 0.801. The van der Waals surface area contributed by atoms with E-state index in [9.17, 15) is 9.59 Å². The van der Waals surface area contributed by atoms with Crippen LogP contribution < -0.4 is 16.4 Å². The van der Waals surface area contributed by atoms with Gasteiger partial charge in [0.15, 0.2) is 0 Å². The second-order valence-electron chi connectivity index (χ2n) is 11.3. The summed E-state index contributed by atoms with van der Waals surface area (Å²) in [6.45, 7) is 7.48. The zero-order valence-corrected chi connectivity index (χ0v) is 22.8. The minimum atomic E-state index is -0.490. The van der Waals surface area contributed by atoms with Crippen LogP contribution in [0, 0.1) is 11.8 Å². The number of nitrogens with one attached hydrogen (secondary N) is 2. The van der Waals surface area contributed by atoms with Gasteiger partial charge in [0.25, 0.3) is 5.91 Å². The van der Waals surface area contributed by atoms with Gasteiger partial charge >= 0.3 is 6.09 Å². The number of benzene rings is 2. The van der Waals surface area contributed by atoms with Crippen molar-refractivity contribution in [2.75, 3.05) is 19.6 Å². The molecule has 2 aromatic carbocycles. The largest absolute Gasteiger partial charge is 0.444 e. The summed E-state index contributed by atoms with van der Waals surface area (Å²) < 4.78 is 5.33. The van der Waals surface area contributed by atoms with Crippen LogP contribution >= 0.6 is 0 Å². The Kier molecular flexibility index (Phi) is 9.00. The van der Waals surface area contributed by atoms with E-state index in [0.29, 0.717) is 37.0 Å². The number of fused-ring (bicyclic) bond motifs is 1. The highest BCUT2D eigenvalue weighted by atomic mass is 16.6. The number of rotatable bonds is 8. The number of carbonyl (C=O) groups is 2. The number of nitrogens with two attached hydrogens (primary N) is 1. The van der Waals surface area contributed by atoms with E-state index < -0.39 is 5.60 Å². The molecule has 1 aliphatic carbocycles. The lowest BCUT2D eigenvalue weighted by Crippen LogP contribution is -2.37. The first-order valence-corrected chi connectivity index (χ1v) is 13.7. The zero-order chi connectivity index (χ0) is 27.1. The van der Waals surface area contributed by atoms with Crippen molar-refractivity contribution < 1.29 is 14.3 Å². The summed E-state index contributed by atoms with van der Waals surface area (Å²) in [6.07, 6.45) is 4.58. The Hall–Kier alpha value is -3.45. The lowest BCUT2D eigenvalue weighted by Gasteiger charge is -2.29. The molecule has 0 unspecified atom stereocenters. The van der Waals surface area contributed by atoms with Crippen molar-refractivity contribution in [2.45, 2.75) is 58.5 Å². The fourth-order valence-electron chi connectivity index (χ4n) is 5.03. The molecule has 1 saturated carbocycles. The first-order chi connectivity index (χ1) is 18.2. The molecule has 7 heteroatoms. The molecule has 0 aliphatic heterocycles. The molecule has 1 heterocycles. The SMILES string of the molecule is CC(C)(C)OC(=O)NCC1CCC(CNC(=O)c2cc(-c3ccc(CCN)cc3)nc3ccccc23)CC1. The van der Waals surface area contributed by atoms with Crippen LogP contribution in [-0.4, -0.2) is 42.2 Å². The Balaban J connectivity index is 1.36. The van der Waals surface area contributed by atoms with Crippen LogP contribution in [0.3, 0.4) is 0 Å². The molecular formula is C31H40N4O3. The van der Waals surface area contributed by atoms with Gasteiger partial charge in [0.2, 0.25) is 0 Å². The predicted molar refractivity (Wildman–Crippen MR) is 152 cm³/mol. The molecule has 4 rings (SSSR count). The van der Waals surface area contributed by atoms with Crippen LogP contribution in [0.15, 0.2) is 54.6 Å². The Morgan fingerprint density at radius 1 is 0.947 bits per heavy atom. The van der Waals surface area contributed by atoms with Crippen molar-refractivity contribution in [2.24, 2.45) is 17.6 Å². The van der Waals surface area contributed by atoms with Gasteiger partial charge in [-0.2, -0.15) is 0 Å². The predicted octanol–water partition coefficient (Wildman–Crippen LogP) is 5.46. The maximum Gasteiger partial charge on any atom is 0.407 e. The molecule has 3 aromatic rings. The van der Waals surface area contributed by atoms with E-state index in [1.54, 1.807) is 0 Å². The lowest BCUT2D eigenvalue weighted by atomic mass is 9.82. The number of alkyl carbamates (subject to hydrolysis) is 1. The molecule has 0 spiro atoms. The van der Waals surface area contributed by atoms with Gasteiger partial charge in [-0.05, 0) is 89.0 Å². The number of nitrogens with zero attached hydrogens (tertiary/aromatic N) is 1. The number of carbonyl (C=O) groups excluding carboxylic acids is 2. The fourth-order valence-corrected chi connectivity index (χ4v) is 5.03. The standard InChI is InChI=1S/C31H40N4O3/c1-31(2,3)38-30(37)34-20-23-10-8-22(9-11-23)19-33-29(36)26-18-28(35-27-7-5-4-6-25(26)27)24-14-12-21(13-15-24)16-17-32/h4-7,12-15,18,22-23H,8-11,16-17,19-20,32H2,1-3H3,(H,33,36)(H,34,37). The highest BCUT2D eigenvalue weighted by Gasteiger charge is 2.24. The molecule has 1 fully saturated rings. The molecule has 0 radical (unpaired) electrons. The van der Waals surface area contributed by atoms with E-state index in [1.165, 1.54) is 5.56 Å². The molecule has 1 aromatic heterocycles. The van der Waals surface area contributed by atoms with Crippen LogP contribution in [0.1, 0.15) is 62.4 Å². The molecule has 7 nitrogen and oxygen atoms in total. The van der Waals surface area contributed by atoms with Gasteiger partial charge < -0.3 is 21.1 Å². The van der Waals surface area contributed by atoms with Crippen molar-refractivity contribution in [1.82, 2.24) is 15.6 Å². The number of para-hydroxylation sites is 1. The van der Waals surface area contributed by atoms with Gasteiger partial charge in [-0.15, -0.1) is 0 Å². The fraction of sp³-hybridized carbons (Fsp3) is 0.452. The Labute approximate surface area is 225 Å². The molecular weight excluding hydrogens is 476 g/mol. The second kappa shape index (κ2) is 12.4. The van der Waals surface area contributed by atoms with E-state index >= 15 is 0 Å². The van der Waals surface area contributed by atoms with Crippen LogP contribution in [0.4, 0.5) is 4.79 Å². The number of aromatic nitrogens is 1. The van der Waals surface area contributed by atoms with E-state index in [-0.39, 0.29) is 12.0 Å². The number of ether oxygens (including phenoxy) is 1. The van der Waals surface area contributed by atoms with Gasteiger partial charge in [-0.1, -0.05) is 42.5 Å². The topological polar surface area (TPSA) is 106 Å². The summed E-state index contributed by atoms with van der Waals surface area (Å²) in [4.78, 5) is 30.1. The van der Waals surface area contributed by atoms with Crippen molar-refractivity contribution in [3.05, 3.63) is 65.7 Å². The van der Waals surface area contributed by atoms with E-state index in [1.807, 2.05) is 63.2 Å². The van der Waals surface area contributed by atoms with Crippen molar-refractivity contribution in [3.63, 3.8) is 0 Å². The minimum Gasteiger partial charge on any atom is -0.444 e. The minimum absolute atomic E-state index is 0.0710. The quantitative estimate of drug-likeness (QED) is 0.368. The first kappa shape index (κ1) is 27.6. The molecule has 0 saturated heterocycles. The summed E-state index contributed by atoms with van der Waals surface area (Å²) in [7, 11) is 0. The summed E-state index contributed by atoms with van der Waals surface area (Å²) in [5.41, 5.74) is 9.58. The second-order valence-corrected chi connectivity index (χ2v) is 11.3. The smallest absolute Gasteiger partial charge is 0.407 e. The van der Waals surface area contributed by atoms with Crippen molar-refractivity contribution >= 4 is 22.9 Å². The summed E-state index contributed by atoms with van der Waals surface area (Å²) in [6, 6.07) is 17.9. The van der Waals surface area contributed by atoms with Gasteiger partial charge in [-0.3, -0.25) is 4.79 Å². The third-order valence-corrected chi connectivity index (χ3v) is 7.10. The number of hydrogen-bond donors (Lipinski definition) is 3. The number of hydrogen-bond acceptors (Lipinski definition) is 5. The van der Waals surface area contributed by atoms with E-state index in [4.69, 9.17) is 15.5 Å². The number of pyridine rings is 1. The molecule has 1 aliphatic rings. The van der Waals surface area contributed by atoms with Crippen molar-refractivity contribution in [3.8, 4) is 11.3 Å². The number of amides is 2.